The smallest absolute Gasteiger partial charge is 0.257 e. The molecule has 4 aliphatic rings. The summed E-state index contributed by atoms with van der Waals surface area (Å²) in [5.41, 5.74) is 2.95. The van der Waals surface area contributed by atoms with E-state index in [1.165, 1.54) is 6.20 Å². The summed E-state index contributed by atoms with van der Waals surface area (Å²) in [7, 11) is 1.77. The maximum Gasteiger partial charge on any atom is 0.257 e. The van der Waals surface area contributed by atoms with Gasteiger partial charge in [-0.25, -0.2) is 14.4 Å². The molecule has 1 aliphatic carbocycles. The molecule has 3 aliphatic heterocycles. The van der Waals surface area contributed by atoms with Crippen molar-refractivity contribution in [3.05, 3.63) is 42.4 Å². The van der Waals surface area contributed by atoms with Gasteiger partial charge in [0.25, 0.3) is 5.91 Å². The number of fused-ring (bicyclic) bond motifs is 2. The van der Waals surface area contributed by atoms with Crippen molar-refractivity contribution in [1.29, 1.82) is 0 Å². The number of amides is 1. The summed E-state index contributed by atoms with van der Waals surface area (Å²) in [6.07, 6.45) is 5.28. The van der Waals surface area contributed by atoms with Crippen LogP contribution in [0.2, 0.25) is 0 Å². The molecule has 0 spiro atoms. The van der Waals surface area contributed by atoms with Gasteiger partial charge in [-0.05, 0) is 31.4 Å². The van der Waals surface area contributed by atoms with Gasteiger partial charge in [0.15, 0.2) is 5.65 Å². The van der Waals surface area contributed by atoms with Gasteiger partial charge in [-0.1, -0.05) is 0 Å². The quantitative estimate of drug-likeness (QED) is 0.402. The van der Waals surface area contributed by atoms with Gasteiger partial charge in [0.2, 0.25) is 0 Å². The molecule has 1 amide bonds. The van der Waals surface area contributed by atoms with Crippen molar-refractivity contribution in [2.75, 3.05) is 25.6 Å². The van der Waals surface area contributed by atoms with Crippen LogP contribution in [0, 0.1) is 0 Å². The molecule has 0 bridgehead atoms. The fourth-order valence-electron chi connectivity index (χ4n) is 4.87. The lowest BCUT2D eigenvalue weighted by Gasteiger charge is -2.31. The number of nitrogens with one attached hydrogen (secondary N) is 2. The number of rotatable bonds is 5. The second kappa shape index (κ2) is 8.58. The summed E-state index contributed by atoms with van der Waals surface area (Å²) in [5.74, 6) is 0.997. The van der Waals surface area contributed by atoms with Crippen LogP contribution in [0.1, 0.15) is 35.7 Å². The normalized spacial score (nSPS) is 24.4. The zero-order chi connectivity index (χ0) is 24.1. The van der Waals surface area contributed by atoms with Crippen LogP contribution in [-0.2, 0) is 4.74 Å². The summed E-state index contributed by atoms with van der Waals surface area (Å²) in [5, 5.41) is 20.7. The summed E-state index contributed by atoms with van der Waals surface area (Å²) in [4.78, 5) is 22.3. The van der Waals surface area contributed by atoms with Crippen LogP contribution in [-0.4, -0.2) is 73.7 Å². The number of pyridine rings is 1. The summed E-state index contributed by atoms with van der Waals surface area (Å²) >= 11 is 0. The molecule has 1 saturated heterocycles. The van der Waals surface area contributed by atoms with Gasteiger partial charge in [-0.3, -0.25) is 4.79 Å². The standard InChI is InChI=1S/C24H26FN7O3/c1-26-21-9-18(29-23-15(11-28-32(21)23)24(34)30-17-5-4-16(17)25)14-10-27-22-13(14)3-2-7-31(22)19-6-8-35-12-20(19)33/h2-3,7,9-11,16-17,19-20,26,33H,4-6,8,12H2,1H3,(H,30,34)/t16-,17-,19+,20+/m1/s1. The first kappa shape index (κ1) is 21.9. The minimum atomic E-state index is -1.01. The highest BCUT2D eigenvalue weighted by atomic mass is 19.1. The Kier molecular flexibility index (Phi) is 5.37. The Balaban J connectivity index is 1.40. The van der Waals surface area contributed by atoms with Crippen LogP contribution < -0.4 is 10.6 Å². The van der Waals surface area contributed by atoms with E-state index in [1.54, 1.807) is 17.8 Å². The number of anilines is 1. The van der Waals surface area contributed by atoms with Crippen molar-refractivity contribution in [2.45, 2.75) is 43.6 Å². The van der Waals surface area contributed by atoms with Gasteiger partial charge in [-0.15, -0.1) is 0 Å². The van der Waals surface area contributed by atoms with Crippen molar-refractivity contribution in [2.24, 2.45) is 0 Å². The third-order valence-corrected chi connectivity index (χ3v) is 7.00. The van der Waals surface area contributed by atoms with E-state index in [-0.39, 0.29) is 11.6 Å². The summed E-state index contributed by atoms with van der Waals surface area (Å²) < 4.78 is 22.7. The maximum atomic E-state index is 13.7. The Labute approximate surface area is 200 Å². The number of hydrogen-bond donors (Lipinski definition) is 3. The molecule has 11 heteroatoms. The van der Waals surface area contributed by atoms with E-state index in [0.717, 1.165) is 17.0 Å². The Hall–Kier alpha value is -3.57. The Morgan fingerprint density at radius 2 is 2.14 bits per heavy atom. The van der Waals surface area contributed by atoms with E-state index in [4.69, 9.17) is 9.72 Å². The molecule has 2 aromatic rings. The van der Waals surface area contributed by atoms with Crippen molar-refractivity contribution < 1.29 is 19.0 Å². The molecule has 3 N–H and O–H groups in total. The van der Waals surface area contributed by atoms with E-state index >= 15 is 0 Å². The van der Waals surface area contributed by atoms with Crippen LogP contribution in [0.3, 0.4) is 0 Å². The second-order valence-electron chi connectivity index (χ2n) is 9.07. The van der Waals surface area contributed by atoms with Gasteiger partial charge in [-0.2, -0.15) is 9.61 Å². The molecule has 1 saturated carbocycles. The molecular weight excluding hydrogens is 453 g/mol. The predicted octanol–water partition coefficient (Wildman–Crippen LogP) is 2.29. The SMILES string of the molecule is CNc1cc(-c2cnc3n([C@H]4CCOC[C@@H]4O)cccc2-3)nc2c(C(=O)N[C@@H]3CC[C@H]3F)cnn12. The van der Waals surface area contributed by atoms with Gasteiger partial charge in [0.05, 0.1) is 36.7 Å². The number of halogens is 1. The first-order valence-electron chi connectivity index (χ1n) is 11.8. The van der Waals surface area contributed by atoms with Gasteiger partial charge in [0, 0.05) is 43.2 Å². The molecule has 4 atom stereocenters. The third kappa shape index (κ3) is 3.62. The number of ether oxygens (including phenoxy) is 1. The number of aliphatic hydroxyl groups excluding tert-OH is 1. The topological polar surface area (TPSA) is 119 Å². The number of carbonyl (C=O) groups is 1. The molecule has 0 unspecified atom stereocenters. The van der Waals surface area contributed by atoms with E-state index in [2.05, 4.69) is 20.7 Å². The molecular formula is C24H26FN7O3. The lowest BCUT2D eigenvalue weighted by atomic mass is 9.90. The van der Waals surface area contributed by atoms with E-state index < -0.39 is 24.2 Å². The highest BCUT2D eigenvalue weighted by Gasteiger charge is 2.33. The number of hydrogen-bond acceptors (Lipinski definition) is 7. The Bertz CT molecular complexity index is 1370. The minimum absolute atomic E-state index is 0.130. The lowest BCUT2D eigenvalue weighted by molar-refractivity contribution is -0.0383. The molecule has 6 rings (SSSR count). The van der Waals surface area contributed by atoms with E-state index in [9.17, 15) is 14.3 Å². The molecule has 2 aromatic heterocycles. The summed E-state index contributed by atoms with van der Waals surface area (Å²) in [6.45, 7) is 0.875. The van der Waals surface area contributed by atoms with Crippen LogP contribution in [0.5, 0.6) is 0 Å². The molecule has 0 radical (unpaired) electrons. The Morgan fingerprint density at radius 3 is 2.89 bits per heavy atom. The van der Waals surface area contributed by atoms with Crippen molar-refractivity contribution in [1.82, 2.24) is 29.5 Å². The number of aliphatic hydroxyl groups is 1. The number of nitrogens with zero attached hydrogens (tertiary/aromatic N) is 5. The van der Waals surface area contributed by atoms with Crippen LogP contribution in [0.25, 0.3) is 28.3 Å². The first-order valence-corrected chi connectivity index (χ1v) is 11.8. The molecule has 2 fully saturated rings. The number of aromatic nitrogens is 5. The molecule has 0 aromatic carbocycles. The zero-order valence-electron chi connectivity index (χ0n) is 19.2. The highest BCUT2D eigenvalue weighted by Crippen LogP contribution is 2.37. The summed E-state index contributed by atoms with van der Waals surface area (Å²) in [6, 6.07) is 5.14. The van der Waals surface area contributed by atoms with Crippen LogP contribution in [0.15, 0.2) is 36.8 Å². The van der Waals surface area contributed by atoms with Crippen molar-refractivity contribution >= 4 is 17.4 Å². The highest BCUT2D eigenvalue weighted by molar-refractivity contribution is 6.00. The second-order valence-corrected chi connectivity index (χ2v) is 9.07. The lowest BCUT2D eigenvalue weighted by Crippen LogP contribution is -2.48. The monoisotopic (exact) mass is 479 g/mol. The van der Waals surface area contributed by atoms with Crippen molar-refractivity contribution in [3.8, 4) is 22.6 Å². The molecule has 35 heavy (non-hydrogen) atoms. The zero-order valence-corrected chi connectivity index (χ0v) is 19.2. The van der Waals surface area contributed by atoms with Crippen LogP contribution >= 0.6 is 0 Å². The van der Waals surface area contributed by atoms with Gasteiger partial charge < -0.3 is 25.0 Å². The van der Waals surface area contributed by atoms with Crippen molar-refractivity contribution in [3.63, 3.8) is 0 Å². The average molecular weight is 480 g/mol. The Morgan fingerprint density at radius 1 is 1.26 bits per heavy atom. The third-order valence-electron chi connectivity index (χ3n) is 7.00. The molecule has 5 heterocycles. The molecule has 10 nitrogen and oxygen atoms in total. The minimum Gasteiger partial charge on any atom is -0.389 e. The number of alkyl halides is 1. The number of carbonyl (C=O) groups excluding carboxylic acids is 1. The fraction of sp³-hybridized carbons (Fsp3) is 0.417. The fourth-order valence-corrected chi connectivity index (χ4v) is 4.87. The molecule has 182 valence electrons. The van der Waals surface area contributed by atoms with E-state index in [0.29, 0.717) is 49.6 Å². The average Bonchev–Trinajstić information content (AvgIpc) is 3.50. The van der Waals surface area contributed by atoms with Gasteiger partial charge in [0.1, 0.15) is 23.4 Å². The predicted molar refractivity (Wildman–Crippen MR) is 126 cm³/mol. The van der Waals surface area contributed by atoms with E-state index in [1.807, 2.05) is 29.0 Å². The maximum absolute atomic E-state index is 13.7. The van der Waals surface area contributed by atoms with Gasteiger partial charge >= 0.3 is 0 Å². The largest absolute Gasteiger partial charge is 0.389 e. The van der Waals surface area contributed by atoms with Crippen LogP contribution in [0.4, 0.5) is 10.2 Å². The first-order chi connectivity index (χ1) is 17.0.